The summed E-state index contributed by atoms with van der Waals surface area (Å²) in [4.78, 5) is 74.1. The maximum atomic E-state index is 13.2. The Labute approximate surface area is 214 Å². The zero-order valence-electron chi connectivity index (χ0n) is 20.4. The molecule has 2 rings (SSSR count). The van der Waals surface area contributed by atoms with Crippen molar-refractivity contribution >= 4 is 35.5 Å². The first-order valence-corrected chi connectivity index (χ1v) is 12.0. The van der Waals surface area contributed by atoms with Gasteiger partial charge in [0.1, 0.15) is 18.1 Å². The van der Waals surface area contributed by atoms with Gasteiger partial charge in [0.25, 0.3) is 0 Å². The lowest BCUT2D eigenvalue weighted by molar-refractivity contribution is -0.143. The number of benzene rings is 1. The molecule has 1 saturated heterocycles. The summed E-state index contributed by atoms with van der Waals surface area (Å²) in [6.07, 6.45) is 0.446. The average molecular weight is 519 g/mol. The van der Waals surface area contributed by atoms with E-state index in [4.69, 9.17) is 17.2 Å². The van der Waals surface area contributed by atoms with Gasteiger partial charge in [-0.25, -0.2) is 4.79 Å². The molecule has 9 N–H and O–H groups in total. The van der Waals surface area contributed by atoms with E-state index in [1.54, 1.807) is 30.3 Å². The van der Waals surface area contributed by atoms with Gasteiger partial charge < -0.3 is 37.8 Å². The Morgan fingerprint density at radius 3 is 2.16 bits per heavy atom. The first kappa shape index (κ1) is 29.2. The van der Waals surface area contributed by atoms with Crippen LogP contribution in [0.25, 0.3) is 0 Å². The van der Waals surface area contributed by atoms with Crippen LogP contribution in [0.3, 0.4) is 0 Å². The molecule has 1 aliphatic heterocycles. The van der Waals surface area contributed by atoms with E-state index >= 15 is 0 Å². The van der Waals surface area contributed by atoms with E-state index in [1.807, 2.05) is 0 Å². The van der Waals surface area contributed by atoms with Crippen molar-refractivity contribution in [1.29, 1.82) is 0 Å². The second-order valence-corrected chi connectivity index (χ2v) is 8.96. The van der Waals surface area contributed by atoms with Gasteiger partial charge in [-0.2, -0.15) is 0 Å². The van der Waals surface area contributed by atoms with E-state index in [1.165, 1.54) is 4.90 Å². The van der Waals surface area contributed by atoms with Crippen LogP contribution in [-0.4, -0.2) is 76.2 Å². The minimum atomic E-state index is -1.39. The number of nitrogens with two attached hydrogens (primary N) is 3. The lowest BCUT2D eigenvalue weighted by Gasteiger charge is -2.28. The van der Waals surface area contributed by atoms with Gasteiger partial charge >= 0.3 is 5.97 Å². The Balaban J connectivity index is 2.16. The summed E-state index contributed by atoms with van der Waals surface area (Å²) in [6, 6.07) is 4.34. The standard InChI is InChI=1S/C24H34N6O7/c25-15(8-10-19(26)31)23(35)30-12-4-7-18(30)22(34)29-17(13-14-5-2-1-3-6-14)21(33)28-16(24(36)37)9-11-20(27)32/h1-3,5-6,15-18H,4,7-13,25H2,(H2,26,31)(H2,27,32)(H,28,33)(H,29,34)(H,36,37). The number of aliphatic carboxylic acids is 1. The van der Waals surface area contributed by atoms with Gasteiger partial charge in [-0.1, -0.05) is 30.3 Å². The summed E-state index contributed by atoms with van der Waals surface area (Å²) in [5.74, 6) is -4.51. The highest BCUT2D eigenvalue weighted by Gasteiger charge is 2.38. The van der Waals surface area contributed by atoms with Gasteiger partial charge in [-0.05, 0) is 31.2 Å². The van der Waals surface area contributed by atoms with Crippen molar-refractivity contribution in [2.45, 2.75) is 69.1 Å². The average Bonchev–Trinajstić information content (AvgIpc) is 3.34. The molecule has 4 atom stereocenters. The molecule has 37 heavy (non-hydrogen) atoms. The summed E-state index contributed by atoms with van der Waals surface area (Å²) >= 11 is 0. The molecule has 1 aromatic carbocycles. The summed E-state index contributed by atoms with van der Waals surface area (Å²) in [5, 5.41) is 14.5. The monoisotopic (exact) mass is 518 g/mol. The Morgan fingerprint density at radius 2 is 1.57 bits per heavy atom. The van der Waals surface area contributed by atoms with Crippen molar-refractivity contribution in [3.63, 3.8) is 0 Å². The SMILES string of the molecule is NC(=O)CCC(N)C(=O)N1CCCC1C(=O)NC(Cc1ccccc1)C(=O)NC(CCC(N)=O)C(=O)O. The molecule has 0 radical (unpaired) electrons. The second-order valence-electron chi connectivity index (χ2n) is 8.96. The maximum absolute atomic E-state index is 13.2. The van der Waals surface area contributed by atoms with Crippen LogP contribution in [0.1, 0.15) is 44.1 Å². The number of hydrogen-bond donors (Lipinski definition) is 6. The van der Waals surface area contributed by atoms with Gasteiger partial charge in [0.15, 0.2) is 0 Å². The predicted octanol–water partition coefficient (Wildman–Crippen LogP) is -1.87. The van der Waals surface area contributed by atoms with Crippen molar-refractivity contribution in [2.75, 3.05) is 6.54 Å². The fourth-order valence-corrected chi connectivity index (χ4v) is 4.08. The Bertz CT molecular complexity index is 1000. The van der Waals surface area contributed by atoms with E-state index < -0.39 is 59.7 Å². The normalized spacial score (nSPS) is 17.3. The molecule has 0 bridgehead atoms. The summed E-state index contributed by atoms with van der Waals surface area (Å²) in [6.45, 7) is 0.283. The molecule has 13 heteroatoms. The number of hydrogen-bond acceptors (Lipinski definition) is 7. The van der Waals surface area contributed by atoms with Gasteiger partial charge in [-0.15, -0.1) is 0 Å². The zero-order chi connectivity index (χ0) is 27.5. The van der Waals surface area contributed by atoms with E-state index in [0.29, 0.717) is 18.4 Å². The van der Waals surface area contributed by atoms with Crippen LogP contribution in [0.4, 0.5) is 0 Å². The van der Waals surface area contributed by atoms with E-state index in [2.05, 4.69) is 10.6 Å². The van der Waals surface area contributed by atoms with Crippen LogP contribution >= 0.6 is 0 Å². The second kappa shape index (κ2) is 13.9. The van der Waals surface area contributed by atoms with Crippen molar-refractivity contribution < 1.29 is 33.9 Å². The maximum Gasteiger partial charge on any atom is 0.326 e. The summed E-state index contributed by atoms with van der Waals surface area (Å²) < 4.78 is 0. The number of carbonyl (C=O) groups excluding carboxylic acids is 5. The van der Waals surface area contributed by atoms with Crippen LogP contribution in [-0.2, 0) is 35.2 Å². The van der Waals surface area contributed by atoms with Crippen LogP contribution < -0.4 is 27.8 Å². The van der Waals surface area contributed by atoms with Crippen molar-refractivity contribution in [1.82, 2.24) is 15.5 Å². The summed E-state index contributed by atoms with van der Waals surface area (Å²) in [7, 11) is 0. The molecule has 4 unspecified atom stereocenters. The molecular formula is C24H34N6O7. The van der Waals surface area contributed by atoms with Gasteiger partial charge in [-0.3, -0.25) is 24.0 Å². The highest BCUT2D eigenvalue weighted by Crippen LogP contribution is 2.20. The highest BCUT2D eigenvalue weighted by molar-refractivity contribution is 5.94. The number of nitrogens with zero attached hydrogens (tertiary/aromatic N) is 1. The predicted molar refractivity (Wildman–Crippen MR) is 131 cm³/mol. The number of nitrogens with one attached hydrogen (secondary N) is 2. The molecule has 0 aromatic heterocycles. The lowest BCUT2D eigenvalue weighted by Crippen LogP contribution is -2.57. The number of amides is 5. The molecule has 202 valence electrons. The van der Waals surface area contributed by atoms with Crippen LogP contribution in [0.15, 0.2) is 30.3 Å². The molecule has 1 aliphatic rings. The molecule has 0 spiro atoms. The molecule has 0 saturated carbocycles. The van der Waals surface area contributed by atoms with Gasteiger partial charge in [0.2, 0.25) is 29.5 Å². The number of likely N-dealkylation sites (tertiary alicyclic amines) is 1. The fourth-order valence-electron chi connectivity index (χ4n) is 4.08. The third-order valence-electron chi connectivity index (χ3n) is 6.07. The Morgan fingerprint density at radius 1 is 0.946 bits per heavy atom. The smallest absolute Gasteiger partial charge is 0.326 e. The number of primary amides is 2. The minimum Gasteiger partial charge on any atom is -0.480 e. The minimum absolute atomic E-state index is 0.0416. The molecule has 1 aromatic rings. The quantitative estimate of drug-likeness (QED) is 0.163. The molecule has 13 nitrogen and oxygen atoms in total. The zero-order valence-corrected chi connectivity index (χ0v) is 20.4. The van der Waals surface area contributed by atoms with E-state index in [0.717, 1.165) is 0 Å². The number of rotatable bonds is 14. The topological polar surface area (TPSA) is 228 Å². The van der Waals surface area contributed by atoms with Crippen LogP contribution in [0, 0.1) is 0 Å². The molecule has 1 heterocycles. The molecule has 0 aliphatic carbocycles. The fraction of sp³-hybridized carbons (Fsp3) is 0.500. The third-order valence-corrected chi connectivity index (χ3v) is 6.07. The Hall–Kier alpha value is -4.00. The molecule has 5 amide bonds. The first-order valence-electron chi connectivity index (χ1n) is 12.0. The first-order chi connectivity index (χ1) is 17.5. The largest absolute Gasteiger partial charge is 0.480 e. The number of carboxylic acid groups (broad SMARTS) is 1. The summed E-state index contributed by atoms with van der Waals surface area (Å²) in [5.41, 5.74) is 16.8. The van der Waals surface area contributed by atoms with E-state index in [-0.39, 0.29) is 38.6 Å². The number of carbonyl (C=O) groups is 6. The van der Waals surface area contributed by atoms with Crippen molar-refractivity contribution in [3.05, 3.63) is 35.9 Å². The number of carboxylic acids is 1. The van der Waals surface area contributed by atoms with Gasteiger partial charge in [0.05, 0.1) is 6.04 Å². The molecule has 1 fully saturated rings. The van der Waals surface area contributed by atoms with Crippen molar-refractivity contribution in [3.8, 4) is 0 Å². The lowest BCUT2D eigenvalue weighted by atomic mass is 10.0. The van der Waals surface area contributed by atoms with Crippen molar-refractivity contribution in [2.24, 2.45) is 17.2 Å². The highest BCUT2D eigenvalue weighted by atomic mass is 16.4. The van der Waals surface area contributed by atoms with Gasteiger partial charge in [0, 0.05) is 25.8 Å². The molecular weight excluding hydrogens is 484 g/mol. The van der Waals surface area contributed by atoms with E-state index in [9.17, 15) is 33.9 Å². The van der Waals surface area contributed by atoms with Crippen LogP contribution in [0.2, 0.25) is 0 Å². The Kier molecular flexibility index (Phi) is 11.0. The van der Waals surface area contributed by atoms with Crippen LogP contribution in [0.5, 0.6) is 0 Å². The third kappa shape index (κ3) is 9.18.